The maximum absolute atomic E-state index is 2.59. The summed E-state index contributed by atoms with van der Waals surface area (Å²) in [4.78, 5) is 5.11. The zero-order valence-corrected chi connectivity index (χ0v) is 36.7. The highest BCUT2D eigenvalue weighted by molar-refractivity contribution is 7.33. The van der Waals surface area contributed by atoms with Gasteiger partial charge in [-0.05, 0) is 153 Å². The van der Waals surface area contributed by atoms with Crippen LogP contribution in [0.15, 0.2) is 194 Å². The lowest BCUT2D eigenvalue weighted by Crippen LogP contribution is -2.60. The van der Waals surface area contributed by atoms with Crippen LogP contribution in [0.3, 0.4) is 0 Å². The molecule has 0 atom stereocenters. The summed E-state index contributed by atoms with van der Waals surface area (Å²) in [7, 11) is 0. The van der Waals surface area contributed by atoms with E-state index in [9.17, 15) is 0 Å². The monoisotopic (exact) mass is 832 g/mol. The molecule has 0 N–H and O–H groups in total. The second-order valence-electron chi connectivity index (χ2n) is 18.1. The molecule has 2 nitrogen and oxygen atoms in total. The normalized spacial score (nSPS) is 14.2. The van der Waals surface area contributed by atoms with Crippen molar-refractivity contribution in [3.8, 4) is 33.4 Å². The van der Waals surface area contributed by atoms with Crippen molar-refractivity contribution in [2.75, 3.05) is 9.80 Å². The van der Waals surface area contributed by atoms with Crippen LogP contribution in [0.25, 0.3) is 43.5 Å². The van der Waals surface area contributed by atoms with Gasteiger partial charge >= 0.3 is 0 Å². The Balaban J connectivity index is 1.08. The number of fused-ring (bicyclic) bond motifs is 16. The van der Waals surface area contributed by atoms with Crippen LogP contribution in [0.5, 0.6) is 0 Å². The van der Waals surface area contributed by atoms with E-state index >= 15 is 0 Å². The summed E-state index contributed by atoms with van der Waals surface area (Å²) in [5, 5.41) is 1.31. The van der Waals surface area contributed by atoms with Gasteiger partial charge in [0, 0.05) is 43.3 Å². The molecule has 9 aromatic carbocycles. The van der Waals surface area contributed by atoms with Gasteiger partial charge in [-0.25, -0.2) is 0 Å². The van der Waals surface area contributed by atoms with Gasteiger partial charge in [0.2, 0.25) is 0 Å². The SMILES string of the molecule is Cc1ccc(N2c3cc(-c4c(C)cccc4C)ccc3B3c4sc5cc6c(cc5c4N(c4ccccc4)c4cccc2c43)-c2ccccc2C62c3ccccc3-c3ccccc32)cc1. The molecule has 14 rings (SSSR count). The minimum Gasteiger partial charge on any atom is -0.311 e. The predicted octanol–water partition coefficient (Wildman–Crippen LogP) is 13.9. The maximum atomic E-state index is 2.59. The maximum Gasteiger partial charge on any atom is 0.264 e. The van der Waals surface area contributed by atoms with Crippen LogP contribution in [-0.4, -0.2) is 6.71 Å². The van der Waals surface area contributed by atoms with E-state index in [4.69, 9.17) is 0 Å². The summed E-state index contributed by atoms with van der Waals surface area (Å²) in [6, 6.07) is 73.7. The average molecular weight is 833 g/mol. The molecule has 1 aromatic heterocycles. The number of anilines is 6. The molecule has 0 radical (unpaired) electrons. The molecule has 0 unspecified atom stereocenters. The van der Waals surface area contributed by atoms with Gasteiger partial charge in [-0.3, -0.25) is 0 Å². The van der Waals surface area contributed by atoms with Gasteiger partial charge in [0.05, 0.1) is 11.1 Å². The van der Waals surface area contributed by atoms with E-state index in [1.54, 1.807) is 0 Å². The summed E-state index contributed by atoms with van der Waals surface area (Å²) in [6.45, 7) is 6.69. The lowest BCUT2D eigenvalue weighted by molar-refractivity contribution is 0.795. The molecule has 300 valence electrons. The Hall–Kier alpha value is -7.40. The first kappa shape index (κ1) is 36.1. The number of aryl methyl sites for hydroxylation is 3. The summed E-state index contributed by atoms with van der Waals surface area (Å²) in [5.41, 5.74) is 26.9. The van der Waals surface area contributed by atoms with Crippen molar-refractivity contribution in [1.29, 1.82) is 0 Å². The first-order valence-electron chi connectivity index (χ1n) is 22.5. The molecule has 0 bridgehead atoms. The van der Waals surface area contributed by atoms with Crippen molar-refractivity contribution in [2.24, 2.45) is 0 Å². The van der Waals surface area contributed by atoms with Crippen molar-refractivity contribution < 1.29 is 0 Å². The molecule has 2 aliphatic carbocycles. The minimum absolute atomic E-state index is 0.0336. The summed E-state index contributed by atoms with van der Waals surface area (Å²) in [6.07, 6.45) is 0. The minimum atomic E-state index is -0.400. The third-order valence-electron chi connectivity index (χ3n) is 14.8. The first-order chi connectivity index (χ1) is 31.5. The van der Waals surface area contributed by atoms with Crippen LogP contribution in [0.2, 0.25) is 0 Å². The molecule has 0 fully saturated rings. The van der Waals surface area contributed by atoms with E-state index in [1.165, 1.54) is 132 Å². The largest absolute Gasteiger partial charge is 0.311 e. The number of rotatable bonds is 3. The summed E-state index contributed by atoms with van der Waals surface area (Å²) in [5.74, 6) is 0. The van der Waals surface area contributed by atoms with Gasteiger partial charge in [0.1, 0.15) is 0 Å². The fraction of sp³-hybridized carbons (Fsp3) is 0.0667. The number of hydrogen-bond donors (Lipinski definition) is 0. The van der Waals surface area contributed by atoms with Crippen molar-refractivity contribution in [2.45, 2.75) is 26.2 Å². The lowest BCUT2D eigenvalue weighted by atomic mass is 9.36. The van der Waals surface area contributed by atoms with Gasteiger partial charge in [-0.2, -0.15) is 0 Å². The third kappa shape index (κ3) is 4.60. The Bertz CT molecular complexity index is 3560. The molecule has 0 amide bonds. The molecule has 0 saturated heterocycles. The zero-order valence-electron chi connectivity index (χ0n) is 35.9. The van der Waals surface area contributed by atoms with Crippen LogP contribution in [0.4, 0.5) is 34.1 Å². The molecular formula is C60H41BN2S. The smallest absolute Gasteiger partial charge is 0.264 e. The Morgan fingerprint density at radius 1 is 0.453 bits per heavy atom. The van der Waals surface area contributed by atoms with Crippen LogP contribution in [-0.2, 0) is 5.41 Å². The van der Waals surface area contributed by atoms with Crippen molar-refractivity contribution in [1.82, 2.24) is 0 Å². The first-order valence-corrected chi connectivity index (χ1v) is 23.3. The standard InChI is InChI=1S/C60H41BN2S/c1-36-27-30-41(31-28-36)62-52-25-14-26-53-57(52)61(51-32-29-39(33-54(51)62)56-37(2)15-13-16-38(56)3)59-58(63(53)40-17-5-4-6-18-40)46-34-45-44-21-9-12-24-49(44)60(50(45)35-55(46)64-59)47-22-10-7-19-42(47)43-20-8-11-23-48(43)60/h4-35H,1-3H3. The van der Waals surface area contributed by atoms with Crippen molar-refractivity contribution in [3.05, 3.63) is 233 Å². The van der Waals surface area contributed by atoms with Crippen LogP contribution in [0, 0.1) is 20.8 Å². The van der Waals surface area contributed by atoms with Crippen LogP contribution in [0.1, 0.15) is 38.9 Å². The van der Waals surface area contributed by atoms with Gasteiger partial charge in [-0.15, -0.1) is 11.3 Å². The lowest BCUT2D eigenvalue weighted by Gasteiger charge is -2.43. The van der Waals surface area contributed by atoms with E-state index in [1.807, 2.05) is 11.3 Å². The Morgan fingerprint density at radius 2 is 1.03 bits per heavy atom. The molecular weight excluding hydrogens is 792 g/mol. The number of benzene rings is 9. The number of thiophene rings is 1. The van der Waals surface area contributed by atoms with E-state index in [-0.39, 0.29) is 6.71 Å². The third-order valence-corrected chi connectivity index (χ3v) is 16.0. The van der Waals surface area contributed by atoms with Gasteiger partial charge in [0.25, 0.3) is 6.71 Å². The van der Waals surface area contributed by atoms with E-state index < -0.39 is 5.41 Å². The van der Waals surface area contributed by atoms with Gasteiger partial charge < -0.3 is 9.80 Å². The zero-order chi connectivity index (χ0) is 42.4. The molecule has 0 saturated carbocycles. The van der Waals surface area contributed by atoms with E-state index in [0.717, 1.165) is 0 Å². The average Bonchev–Trinajstić information content (AvgIpc) is 3.95. The molecule has 4 heteroatoms. The van der Waals surface area contributed by atoms with Crippen LogP contribution >= 0.6 is 11.3 Å². The fourth-order valence-corrected chi connectivity index (χ4v) is 13.6. The quantitative estimate of drug-likeness (QED) is 0.164. The highest BCUT2D eigenvalue weighted by Gasteiger charge is 2.52. The molecule has 1 spiro atoms. The second kappa shape index (κ2) is 13.1. The summed E-state index contributed by atoms with van der Waals surface area (Å²) < 4.78 is 2.71. The number of hydrogen-bond acceptors (Lipinski definition) is 3. The highest BCUT2D eigenvalue weighted by atomic mass is 32.1. The van der Waals surface area contributed by atoms with E-state index in [2.05, 4.69) is 225 Å². The summed E-state index contributed by atoms with van der Waals surface area (Å²) >= 11 is 1.99. The Morgan fingerprint density at radius 3 is 1.70 bits per heavy atom. The number of para-hydroxylation sites is 1. The number of nitrogens with zero attached hydrogens (tertiary/aromatic N) is 2. The molecule has 64 heavy (non-hydrogen) atoms. The highest BCUT2D eigenvalue weighted by Crippen LogP contribution is 2.64. The molecule has 3 heterocycles. The van der Waals surface area contributed by atoms with Crippen LogP contribution < -0.4 is 25.5 Å². The van der Waals surface area contributed by atoms with Gasteiger partial charge in [0.15, 0.2) is 0 Å². The molecule has 10 aromatic rings. The van der Waals surface area contributed by atoms with Crippen molar-refractivity contribution >= 4 is 78.0 Å². The van der Waals surface area contributed by atoms with Gasteiger partial charge in [-0.1, -0.05) is 145 Å². The predicted molar refractivity (Wildman–Crippen MR) is 272 cm³/mol. The topological polar surface area (TPSA) is 6.48 Å². The fourth-order valence-electron chi connectivity index (χ4n) is 12.2. The molecule has 4 aliphatic rings. The second-order valence-corrected chi connectivity index (χ2v) is 19.2. The Kier molecular flexibility index (Phi) is 7.38. The van der Waals surface area contributed by atoms with Crippen molar-refractivity contribution in [3.63, 3.8) is 0 Å². The Labute approximate surface area is 378 Å². The van der Waals surface area contributed by atoms with E-state index in [0.29, 0.717) is 0 Å². The molecule has 2 aliphatic heterocycles.